The number of amides is 2. The molecule has 1 N–H and O–H groups in total. The fraction of sp³-hybridized carbons (Fsp3) is 0.286. The molecule has 0 radical (unpaired) electrons. The van der Waals surface area contributed by atoms with Crippen molar-refractivity contribution in [1.29, 1.82) is 10.5 Å². The predicted molar refractivity (Wildman–Crippen MR) is 70.2 cm³/mol. The molecule has 1 aromatic carbocycles. The van der Waals surface area contributed by atoms with Gasteiger partial charge in [-0.3, -0.25) is 14.9 Å². The molecule has 0 aliphatic carbocycles. The average Bonchev–Trinajstić information content (AvgIpc) is 2.39. The standard InChI is InChI=1S/C14H10ClN3O2/c1-14(8-3-2-4-9(15)5-8)10(6-16)12(19)18-13(20)11(14)7-17/h2-5,10-11H,1H3,(H,18,19,20)/t10-,11+,14?. The van der Waals surface area contributed by atoms with Gasteiger partial charge in [-0.05, 0) is 17.7 Å². The molecule has 0 bridgehead atoms. The summed E-state index contributed by atoms with van der Waals surface area (Å²) in [5, 5.41) is 21.0. The van der Waals surface area contributed by atoms with Gasteiger partial charge in [-0.15, -0.1) is 0 Å². The van der Waals surface area contributed by atoms with Gasteiger partial charge >= 0.3 is 0 Å². The largest absolute Gasteiger partial charge is 0.294 e. The molecular weight excluding hydrogens is 278 g/mol. The third-order valence-electron chi connectivity index (χ3n) is 3.67. The number of hydrogen-bond donors (Lipinski definition) is 1. The highest BCUT2D eigenvalue weighted by atomic mass is 35.5. The van der Waals surface area contributed by atoms with Crippen molar-refractivity contribution < 1.29 is 9.59 Å². The average molecular weight is 288 g/mol. The molecule has 3 atom stereocenters. The van der Waals surface area contributed by atoms with Gasteiger partial charge in [0.1, 0.15) is 11.8 Å². The molecule has 0 spiro atoms. The third kappa shape index (κ3) is 1.93. The molecule has 1 unspecified atom stereocenters. The van der Waals surface area contributed by atoms with Crippen molar-refractivity contribution >= 4 is 23.4 Å². The van der Waals surface area contributed by atoms with Crippen molar-refractivity contribution in [2.45, 2.75) is 12.3 Å². The van der Waals surface area contributed by atoms with Crippen LogP contribution in [0.5, 0.6) is 0 Å². The van der Waals surface area contributed by atoms with E-state index < -0.39 is 29.1 Å². The number of nitrogens with one attached hydrogen (secondary N) is 1. The summed E-state index contributed by atoms with van der Waals surface area (Å²) in [4.78, 5) is 23.7. The summed E-state index contributed by atoms with van der Waals surface area (Å²) in [5.41, 5.74) is -0.709. The Labute approximate surface area is 120 Å². The molecule has 20 heavy (non-hydrogen) atoms. The Balaban J connectivity index is 2.68. The minimum Gasteiger partial charge on any atom is -0.294 e. The maximum absolute atomic E-state index is 11.9. The van der Waals surface area contributed by atoms with Gasteiger partial charge in [-0.25, -0.2) is 0 Å². The van der Waals surface area contributed by atoms with Crippen LogP contribution in [0.15, 0.2) is 24.3 Å². The number of hydrogen-bond acceptors (Lipinski definition) is 4. The van der Waals surface area contributed by atoms with E-state index in [1.54, 1.807) is 31.2 Å². The molecule has 1 fully saturated rings. The molecule has 1 heterocycles. The van der Waals surface area contributed by atoms with E-state index in [2.05, 4.69) is 5.32 Å². The first-order valence-corrected chi connectivity index (χ1v) is 6.23. The quantitative estimate of drug-likeness (QED) is 0.793. The zero-order valence-corrected chi connectivity index (χ0v) is 11.3. The fourth-order valence-corrected chi connectivity index (χ4v) is 2.71. The van der Waals surface area contributed by atoms with Crippen LogP contribution in [0.25, 0.3) is 0 Å². The minimum atomic E-state index is -1.23. The first-order chi connectivity index (χ1) is 9.44. The van der Waals surface area contributed by atoms with E-state index in [1.807, 2.05) is 12.1 Å². The molecule has 6 heteroatoms. The summed E-state index contributed by atoms with van der Waals surface area (Å²) < 4.78 is 0. The molecule has 5 nitrogen and oxygen atoms in total. The highest BCUT2D eigenvalue weighted by molar-refractivity contribution is 6.30. The lowest BCUT2D eigenvalue weighted by Gasteiger charge is -2.40. The molecule has 1 saturated heterocycles. The summed E-state index contributed by atoms with van der Waals surface area (Å²) in [6.07, 6.45) is 0. The number of rotatable bonds is 1. The zero-order chi connectivity index (χ0) is 14.9. The second-order valence-electron chi connectivity index (χ2n) is 4.77. The van der Waals surface area contributed by atoms with Gasteiger partial charge in [0.2, 0.25) is 11.8 Å². The molecule has 2 rings (SSSR count). The van der Waals surface area contributed by atoms with Crippen LogP contribution in [0.2, 0.25) is 5.02 Å². The van der Waals surface area contributed by atoms with Gasteiger partial charge in [-0.1, -0.05) is 30.7 Å². The van der Waals surface area contributed by atoms with Gasteiger partial charge in [-0.2, -0.15) is 10.5 Å². The van der Waals surface area contributed by atoms with E-state index in [4.69, 9.17) is 11.6 Å². The van der Waals surface area contributed by atoms with Gasteiger partial charge in [0.05, 0.1) is 12.1 Å². The van der Waals surface area contributed by atoms with E-state index in [0.717, 1.165) is 0 Å². The molecule has 0 saturated carbocycles. The smallest absolute Gasteiger partial charge is 0.244 e. The Bertz CT molecular complexity index is 640. The van der Waals surface area contributed by atoms with Gasteiger partial charge in [0.15, 0.2) is 0 Å². The van der Waals surface area contributed by atoms with E-state index in [1.165, 1.54) is 0 Å². The van der Waals surface area contributed by atoms with E-state index in [0.29, 0.717) is 10.6 Å². The first-order valence-electron chi connectivity index (χ1n) is 5.85. The van der Waals surface area contributed by atoms with E-state index in [-0.39, 0.29) is 0 Å². The highest BCUT2D eigenvalue weighted by Gasteiger charge is 2.54. The van der Waals surface area contributed by atoms with Crippen molar-refractivity contribution in [3.63, 3.8) is 0 Å². The van der Waals surface area contributed by atoms with Crippen molar-refractivity contribution in [3.8, 4) is 12.1 Å². The zero-order valence-electron chi connectivity index (χ0n) is 10.6. The number of carbonyl (C=O) groups excluding carboxylic acids is 2. The van der Waals surface area contributed by atoms with Crippen LogP contribution in [-0.4, -0.2) is 11.8 Å². The Morgan fingerprint density at radius 1 is 1.20 bits per heavy atom. The molecule has 2 amide bonds. The summed E-state index contributed by atoms with van der Waals surface area (Å²) in [5.74, 6) is -3.65. The Morgan fingerprint density at radius 2 is 1.75 bits per heavy atom. The molecular formula is C14H10ClN3O2. The van der Waals surface area contributed by atoms with Crippen molar-refractivity contribution in [2.24, 2.45) is 11.8 Å². The maximum Gasteiger partial charge on any atom is 0.244 e. The fourth-order valence-electron chi connectivity index (χ4n) is 2.52. The van der Waals surface area contributed by atoms with Crippen LogP contribution < -0.4 is 5.32 Å². The highest BCUT2D eigenvalue weighted by Crippen LogP contribution is 2.42. The first kappa shape index (κ1) is 14.0. The summed E-state index contributed by atoms with van der Waals surface area (Å²) >= 11 is 5.93. The molecule has 1 aromatic rings. The van der Waals surface area contributed by atoms with Gasteiger partial charge in [0, 0.05) is 10.4 Å². The predicted octanol–water partition coefficient (Wildman–Crippen LogP) is 1.53. The maximum atomic E-state index is 11.9. The number of nitriles is 2. The second-order valence-corrected chi connectivity index (χ2v) is 5.21. The number of benzene rings is 1. The van der Waals surface area contributed by atoms with Crippen molar-refractivity contribution in [2.75, 3.05) is 0 Å². The molecule has 100 valence electrons. The monoisotopic (exact) mass is 287 g/mol. The van der Waals surface area contributed by atoms with Crippen LogP contribution in [0, 0.1) is 34.5 Å². The normalized spacial score (nSPS) is 29.2. The lowest BCUT2D eigenvalue weighted by Crippen LogP contribution is -2.58. The third-order valence-corrected chi connectivity index (χ3v) is 3.91. The van der Waals surface area contributed by atoms with E-state index in [9.17, 15) is 20.1 Å². The SMILES string of the molecule is CC1(c2cccc(Cl)c2)[C@H](C#N)C(=O)NC(=O)[C@@H]1C#N. The summed E-state index contributed by atoms with van der Waals surface area (Å²) in [7, 11) is 0. The van der Waals surface area contributed by atoms with Crippen LogP contribution in [-0.2, 0) is 15.0 Å². The Hall–Kier alpha value is -2.37. The number of halogens is 1. The molecule has 1 aliphatic rings. The molecule has 1 aliphatic heterocycles. The molecule has 0 aromatic heterocycles. The summed E-state index contributed by atoms with van der Waals surface area (Å²) in [6.45, 7) is 1.57. The van der Waals surface area contributed by atoms with Crippen LogP contribution in [0.4, 0.5) is 0 Å². The van der Waals surface area contributed by atoms with Crippen LogP contribution in [0.1, 0.15) is 12.5 Å². The Morgan fingerprint density at radius 3 is 2.20 bits per heavy atom. The van der Waals surface area contributed by atoms with E-state index >= 15 is 0 Å². The topological polar surface area (TPSA) is 93.8 Å². The number of carbonyl (C=O) groups is 2. The second kappa shape index (κ2) is 4.96. The van der Waals surface area contributed by atoms with Crippen LogP contribution in [0.3, 0.4) is 0 Å². The lowest BCUT2D eigenvalue weighted by molar-refractivity contribution is -0.140. The van der Waals surface area contributed by atoms with Gasteiger partial charge < -0.3 is 0 Å². The van der Waals surface area contributed by atoms with Gasteiger partial charge in [0.25, 0.3) is 0 Å². The number of nitrogens with zero attached hydrogens (tertiary/aromatic N) is 2. The van der Waals surface area contributed by atoms with Crippen LogP contribution >= 0.6 is 11.6 Å². The lowest BCUT2D eigenvalue weighted by atomic mass is 9.62. The Kier molecular flexibility index (Phi) is 3.48. The summed E-state index contributed by atoms with van der Waals surface area (Å²) in [6, 6.07) is 10.3. The number of imide groups is 1. The van der Waals surface area contributed by atoms with Crippen molar-refractivity contribution in [3.05, 3.63) is 34.9 Å². The van der Waals surface area contributed by atoms with Crippen molar-refractivity contribution in [1.82, 2.24) is 5.32 Å². The number of piperidine rings is 1. The minimum absolute atomic E-state index is 0.413.